The molecule has 5 aliphatic rings. The van der Waals surface area contributed by atoms with Crippen LogP contribution in [0, 0.1) is 46.3 Å². The average Bonchev–Trinajstić information content (AvgIpc) is 3.21. The van der Waals surface area contributed by atoms with E-state index in [-0.39, 0.29) is 58.9 Å². The van der Waals surface area contributed by atoms with E-state index in [4.69, 9.17) is 14.0 Å². The molecule has 1 heterocycles. The number of aliphatic hydroxyl groups excluding tert-OH is 5. The van der Waals surface area contributed by atoms with E-state index in [1.165, 1.54) is 0 Å². The van der Waals surface area contributed by atoms with Gasteiger partial charge in [-0.1, -0.05) is 34.6 Å². The standard InChI is InChI=1S/C32H56O12S/c1-16(2)23(43-29-27(37)26(36)24(15-42-29)44-45(39,40)41)7-6-17(3)19-13-21(34)28-31(19,5)11-9-25-30(4)10-8-18(33)12-20(30)22(35)14-32(25,28)38/h16-29,33-38H,6-15H2,1-5H3,(H,39,40,41)/t17-,18+,19?,20?,21?,22+,23+,24?,25?,26?,27?,28?,29?,30?,31?,32+/m1/s1. The zero-order valence-corrected chi connectivity index (χ0v) is 28.1. The van der Waals surface area contributed by atoms with Gasteiger partial charge >= 0.3 is 10.4 Å². The molecule has 45 heavy (non-hydrogen) atoms. The van der Waals surface area contributed by atoms with Gasteiger partial charge < -0.3 is 40.1 Å². The van der Waals surface area contributed by atoms with Crippen LogP contribution in [0.25, 0.3) is 0 Å². The van der Waals surface area contributed by atoms with Gasteiger partial charge in [0.25, 0.3) is 0 Å². The highest BCUT2D eigenvalue weighted by Crippen LogP contribution is 2.69. The maximum atomic E-state index is 12.5. The minimum absolute atomic E-state index is 0.0250. The first-order valence-corrected chi connectivity index (χ1v) is 18.2. The molecule has 0 aromatic rings. The summed E-state index contributed by atoms with van der Waals surface area (Å²) >= 11 is 0. The topological polar surface area (TPSA) is 203 Å². The molecule has 0 bridgehead atoms. The molecule has 5 rings (SSSR count). The lowest BCUT2D eigenvalue weighted by Gasteiger charge is -2.66. The van der Waals surface area contributed by atoms with Gasteiger partial charge in [-0.15, -0.1) is 0 Å². The van der Waals surface area contributed by atoms with Crippen molar-refractivity contribution in [3.8, 4) is 0 Å². The Morgan fingerprint density at radius 2 is 1.58 bits per heavy atom. The van der Waals surface area contributed by atoms with Gasteiger partial charge in [-0.25, -0.2) is 4.18 Å². The van der Waals surface area contributed by atoms with Crippen LogP contribution in [-0.2, 0) is 24.1 Å². The molecule has 0 radical (unpaired) electrons. The molecule has 0 amide bonds. The van der Waals surface area contributed by atoms with Crippen LogP contribution in [-0.4, -0.2) is 105 Å². The first-order chi connectivity index (χ1) is 20.8. The zero-order chi connectivity index (χ0) is 33.3. The maximum Gasteiger partial charge on any atom is 0.397 e. The van der Waals surface area contributed by atoms with E-state index in [1.54, 1.807) is 0 Å². The minimum Gasteiger partial charge on any atom is -0.393 e. The van der Waals surface area contributed by atoms with Crippen molar-refractivity contribution in [2.45, 2.75) is 147 Å². The Balaban J connectivity index is 1.25. The van der Waals surface area contributed by atoms with E-state index in [9.17, 15) is 39.1 Å². The van der Waals surface area contributed by atoms with Crippen LogP contribution in [0.1, 0.15) is 92.4 Å². The maximum absolute atomic E-state index is 12.5. The molecule has 13 heteroatoms. The summed E-state index contributed by atoms with van der Waals surface area (Å²) in [5.74, 6) is -0.161. The van der Waals surface area contributed by atoms with Crippen molar-refractivity contribution in [2.24, 2.45) is 46.3 Å². The lowest BCUT2D eigenvalue weighted by atomic mass is 9.42. The van der Waals surface area contributed by atoms with Gasteiger partial charge in [0.1, 0.15) is 18.3 Å². The Bertz CT molecular complexity index is 1150. The van der Waals surface area contributed by atoms with Crippen LogP contribution < -0.4 is 0 Å². The summed E-state index contributed by atoms with van der Waals surface area (Å²) in [7, 11) is -4.85. The first kappa shape index (κ1) is 35.8. The molecule has 0 spiro atoms. The predicted molar refractivity (Wildman–Crippen MR) is 162 cm³/mol. The van der Waals surface area contributed by atoms with Crippen molar-refractivity contribution in [3.63, 3.8) is 0 Å². The Morgan fingerprint density at radius 1 is 0.911 bits per heavy atom. The third kappa shape index (κ3) is 6.50. The van der Waals surface area contributed by atoms with E-state index in [0.29, 0.717) is 25.7 Å². The van der Waals surface area contributed by atoms with Crippen molar-refractivity contribution in [1.29, 1.82) is 0 Å². The molecule has 262 valence electrons. The fourth-order valence-electron chi connectivity index (χ4n) is 10.9. The third-order valence-corrected chi connectivity index (χ3v) is 13.6. The molecule has 12 nitrogen and oxygen atoms in total. The summed E-state index contributed by atoms with van der Waals surface area (Å²) in [6.45, 7) is 10.1. The number of aliphatic hydroxyl groups is 6. The van der Waals surface area contributed by atoms with Crippen LogP contribution >= 0.6 is 0 Å². The summed E-state index contributed by atoms with van der Waals surface area (Å²) < 4.78 is 47.1. The monoisotopic (exact) mass is 664 g/mol. The molecular weight excluding hydrogens is 608 g/mol. The van der Waals surface area contributed by atoms with Crippen molar-refractivity contribution in [2.75, 3.05) is 6.61 Å². The summed E-state index contributed by atoms with van der Waals surface area (Å²) in [6.07, 6.45) is -2.36. The second-order valence-electron chi connectivity index (χ2n) is 16.0. The Hall–Kier alpha value is -0.450. The normalized spacial score (nSPS) is 50.0. The number of hydrogen-bond donors (Lipinski definition) is 7. The first-order valence-electron chi connectivity index (χ1n) is 16.9. The lowest BCUT2D eigenvalue weighted by molar-refractivity contribution is -0.284. The van der Waals surface area contributed by atoms with Gasteiger partial charge in [0.05, 0.1) is 36.6 Å². The van der Waals surface area contributed by atoms with Gasteiger partial charge in [-0.2, -0.15) is 8.42 Å². The Labute approximate surface area is 267 Å². The van der Waals surface area contributed by atoms with E-state index >= 15 is 0 Å². The Morgan fingerprint density at radius 3 is 2.22 bits per heavy atom. The van der Waals surface area contributed by atoms with Crippen LogP contribution in [0.5, 0.6) is 0 Å². The molecule has 0 aromatic carbocycles. The van der Waals surface area contributed by atoms with Crippen LogP contribution in [0.2, 0.25) is 0 Å². The van der Waals surface area contributed by atoms with Crippen molar-refractivity contribution >= 4 is 10.4 Å². The van der Waals surface area contributed by atoms with Crippen molar-refractivity contribution in [1.82, 2.24) is 0 Å². The van der Waals surface area contributed by atoms with E-state index in [0.717, 1.165) is 25.7 Å². The van der Waals surface area contributed by atoms with Gasteiger partial charge in [0.15, 0.2) is 6.29 Å². The van der Waals surface area contributed by atoms with Gasteiger partial charge in [-0.3, -0.25) is 4.55 Å². The van der Waals surface area contributed by atoms with E-state index < -0.39 is 65.5 Å². The molecule has 16 atom stereocenters. The smallest absolute Gasteiger partial charge is 0.393 e. The summed E-state index contributed by atoms with van der Waals surface area (Å²) in [6, 6.07) is 0. The molecule has 1 aliphatic heterocycles. The lowest BCUT2D eigenvalue weighted by Crippen LogP contribution is -2.68. The predicted octanol–water partition coefficient (Wildman–Crippen LogP) is 1.79. The summed E-state index contributed by atoms with van der Waals surface area (Å²) in [5, 5.41) is 66.8. The third-order valence-electron chi connectivity index (χ3n) is 13.1. The fourth-order valence-corrected chi connectivity index (χ4v) is 11.4. The molecule has 1 saturated heterocycles. The summed E-state index contributed by atoms with van der Waals surface area (Å²) in [4.78, 5) is 0. The molecule has 4 aliphatic carbocycles. The highest BCUT2D eigenvalue weighted by atomic mass is 32.3. The van der Waals surface area contributed by atoms with E-state index in [1.807, 2.05) is 13.8 Å². The quantitative estimate of drug-likeness (QED) is 0.176. The van der Waals surface area contributed by atoms with Crippen LogP contribution in [0.15, 0.2) is 0 Å². The Kier molecular flexibility index (Phi) is 10.2. The molecule has 4 saturated carbocycles. The second-order valence-corrected chi connectivity index (χ2v) is 17.1. The molecular formula is C32H56O12S. The SMILES string of the molecule is CC(C)[C@H](CC[C@@H](C)C1CC(O)C2C1(C)CCC1C3(C)CC[C@H](O)CC3[C@@H](O)C[C@]12O)OC1OCC(OS(=O)(=O)O)C(O)C1O. The minimum atomic E-state index is -4.85. The number of fused-ring (bicyclic) bond motifs is 5. The molecule has 5 fully saturated rings. The van der Waals surface area contributed by atoms with Crippen LogP contribution in [0.4, 0.5) is 0 Å². The number of ether oxygens (including phenoxy) is 2. The largest absolute Gasteiger partial charge is 0.397 e. The highest BCUT2D eigenvalue weighted by Gasteiger charge is 2.70. The van der Waals surface area contributed by atoms with Gasteiger partial charge in [0, 0.05) is 12.3 Å². The highest BCUT2D eigenvalue weighted by molar-refractivity contribution is 7.80. The molecule has 0 aromatic heterocycles. The average molecular weight is 665 g/mol. The second kappa shape index (κ2) is 12.8. The fraction of sp³-hybridized carbons (Fsp3) is 1.00. The molecule has 7 N–H and O–H groups in total. The van der Waals surface area contributed by atoms with Gasteiger partial charge in [-0.05, 0) is 91.8 Å². The number of hydrogen-bond acceptors (Lipinski definition) is 11. The van der Waals surface area contributed by atoms with Crippen molar-refractivity contribution < 1.29 is 57.3 Å². The zero-order valence-electron chi connectivity index (χ0n) is 27.2. The van der Waals surface area contributed by atoms with Crippen LogP contribution in [0.3, 0.4) is 0 Å². The summed E-state index contributed by atoms with van der Waals surface area (Å²) in [5.41, 5.74) is -1.82. The molecule has 11 unspecified atom stereocenters. The van der Waals surface area contributed by atoms with E-state index in [2.05, 4.69) is 25.0 Å². The van der Waals surface area contributed by atoms with Gasteiger partial charge in [0.2, 0.25) is 0 Å². The number of rotatable bonds is 9. The van der Waals surface area contributed by atoms with Crippen molar-refractivity contribution in [3.05, 3.63) is 0 Å².